The summed E-state index contributed by atoms with van der Waals surface area (Å²) >= 11 is 0. The minimum absolute atomic E-state index is 0.0786. The van der Waals surface area contributed by atoms with Gasteiger partial charge in [-0.25, -0.2) is 0 Å². The van der Waals surface area contributed by atoms with Gasteiger partial charge in [-0.3, -0.25) is 4.79 Å². The van der Waals surface area contributed by atoms with Gasteiger partial charge in [0.2, 0.25) is 0 Å². The first-order valence-electron chi connectivity index (χ1n) is 7.53. The fourth-order valence-electron chi connectivity index (χ4n) is 2.17. The van der Waals surface area contributed by atoms with E-state index in [1.54, 1.807) is 6.08 Å². The zero-order valence-corrected chi connectivity index (χ0v) is 14.2. The molecule has 0 bridgehead atoms. The third-order valence-corrected chi connectivity index (χ3v) is 3.50. The number of allylic oxidation sites excluding steroid dienone is 1. The Labute approximate surface area is 145 Å². The molecule has 2 rings (SSSR count). The van der Waals surface area contributed by atoms with Gasteiger partial charge in [0.15, 0.2) is 17.3 Å². The quantitative estimate of drug-likeness (QED) is 0.554. The summed E-state index contributed by atoms with van der Waals surface area (Å²) in [7, 11) is 5.22. The number of nitrogens with zero attached hydrogens (tertiary/aromatic N) is 1. The second-order valence-corrected chi connectivity index (χ2v) is 5.43. The molecule has 25 heavy (non-hydrogen) atoms. The Hall–Kier alpha value is -2.89. The van der Waals surface area contributed by atoms with Crippen LogP contribution in [0.4, 0.5) is 14.5 Å². The topological polar surface area (TPSA) is 38.8 Å². The molecule has 2 aromatic carbocycles. The summed E-state index contributed by atoms with van der Waals surface area (Å²) in [6, 6.07) is 11.8. The lowest BCUT2D eigenvalue weighted by atomic mass is 10.1. The van der Waals surface area contributed by atoms with E-state index in [0.717, 1.165) is 11.3 Å². The number of halogens is 2. The molecule has 0 aliphatic heterocycles. The molecular formula is C19H19F2NO3. The molecule has 0 saturated carbocycles. The predicted molar refractivity (Wildman–Crippen MR) is 93.8 cm³/mol. The number of benzene rings is 2. The Morgan fingerprint density at radius 1 is 1.08 bits per heavy atom. The summed E-state index contributed by atoms with van der Waals surface area (Å²) in [4.78, 5) is 14.2. The van der Waals surface area contributed by atoms with E-state index in [1.165, 1.54) is 31.4 Å². The first kappa shape index (κ1) is 18.4. The fourth-order valence-corrected chi connectivity index (χ4v) is 2.17. The summed E-state index contributed by atoms with van der Waals surface area (Å²) in [5, 5.41) is 0. The molecule has 2 aromatic rings. The number of methoxy groups -OCH3 is 1. The molecule has 0 radical (unpaired) electrons. The minimum atomic E-state index is -2.96. The summed E-state index contributed by atoms with van der Waals surface area (Å²) in [5.74, 6) is -0.300. The van der Waals surface area contributed by atoms with E-state index in [9.17, 15) is 13.6 Å². The maximum Gasteiger partial charge on any atom is 0.387 e. The van der Waals surface area contributed by atoms with E-state index in [2.05, 4.69) is 4.74 Å². The molecule has 0 amide bonds. The number of ether oxygens (including phenoxy) is 2. The maximum atomic E-state index is 12.3. The second kappa shape index (κ2) is 8.28. The van der Waals surface area contributed by atoms with Crippen molar-refractivity contribution in [2.75, 3.05) is 26.1 Å². The van der Waals surface area contributed by atoms with Gasteiger partial charge in [-0.2, -0.15) is 8.78 Å². The lowest BCUT2D eigenvalue weighted by Crippen LogP contribution is -2.07. The van der Waals surface area contributed by atoms with Gasteiger partial charge < -0.3 is 14.4 Å². The van der Waals surface area contributed by atoms with Crippen LogP contribution < -0.4 is 14.4 Å². The zero-order chi connectivity index (χ0) is 18.4. The van der Waals surface area contributed by atoms with Gasteiger partial charge in [0, 0.05) is 25.3 Å². The number of carbonyl (C=O) groups is 1. The van der Waals surface area contributed by atoms with E-state index in [4.69, 9.17) is 4.74 Å². The van der Waals surface area contributed by atoms with Crippen molar-refractivity contribution < 1.29 is 23.0 Å². The molecule has 0 aromatic heterocycles. The van der Waals surface area contributed by atoms with Crippen LogP contribution in [0.25, 0.3) is 6.08 Å². The van der Waals surface area contributed by atoms with E-state index < -0.39 is 6.61 Å². The van der Waals surface area contributed by atoms with Crippen molar-refractivity contribution in [2.24, 2.45) is 0 Å². The van der Waals surface area contributed by atoms with Crippen LogP contribution in [0.15, 0.2) is 48.5 Å². The van der Waals surface area contributed by atoms with Crippen molar-refractivity contribution in [3.8, 4) is 11.5 Å². The van der Waals surface area contributed by atoms with Crippen molar-refractivity contribution in [1.82, 2.24) is 0 Å². The highest BCUT2D eigenvalue weighted by Crippen LogP contribution is 2.29. The number of ketones is 1. The van der Waals surface area contributed by atoms with Crippen molar-refractivity contribution in [2.45, 2.75) is 6.61 Å². The molecule has 6 heteroatoms. The van der Waals surface area contributed by atoms with Crippen molar-refractivity contribution in [1.29, 1.82) is 0 Å². The van der Waals surface area contributed by atoms with Gasteiger partial charge >= 0.3 is 6.61 Å². The summed E-state index contributed by atoms with van der Waals surface area (Å²) in [5.41, 5.74) is 2.26. The number of anilines is 1. The highest BCUT2D eigenvalue weighted by molar-refractivity contribution is 6.07. The van der Waals surface area contributed by atoms with Crippen molar-refractivity contribution in [3.63, 3.8) is 0 Å². The lowest BCUT2D eigenvalue weighted by Gasteiger charge is -2.11. The Bertz CT molecular complexity index is 756. The molecule has 0 unspecified atom stereocenters. The zero-order valence-electron chi connectivity index (χ0n) is 14.2. The maximum absolute atomic E-state index is 12.3. The van der Waals surface area contributed by atoms with Crippen LogP contribution in [0.5, 0.6) is 11.5 Å². The van der Waals surface area contributed by atoms with Gasteiger partial charge in [0.25, 0.3) is 0 Å². The summed E-state index contributed by atoms with van der Waals surface area (Å²) < 4.78 is 34.0. The van der Waals surface area contributed by atoms with E-state index in [1.807, 2.05) is 43.3 Å². The number of rotatable bonds is 7. The SMILES string of the molecule is COc1cc(C(=O)/C=C/c2ccc(N(C)C)cc2)ccc1OC(F)F. The number of carbonyl (C=O) groups excluding carboxylic acids is 1. The molecule has 4 nitrogen and oxygen atoms in total. The molecule has 0 fully saturated rings. The Balaban J connectivity index is 2.14. The minimum Gasteiger partial charge on any atom is -0.493 e. The predicted octanol–water partition coefficient (Wildman–Crippen LogP) is 4.26. The first-order chi connectivity index (χ1) is 11.9. The van der Waals surface area contributed by atoms with E-state index in [0.29, 0.717) is 5.56 Å². The summed E-state index contributed by atoms with van der Waals surface area (Å²) in [6.45, 7) is -2.96. The van der Waals surface area contributed by atoms with E-state index in [-0.39, 0.29) is 17.3 Å². The van der Waals surface area contributed by atoms with Crippen LogP contribution in [-0.4, -0.2) is 33.6 Å². The van der Waals surface area contributed by atoms with Gasteiger partial charge in [0.1, 0.15) is 0 Å². The molecule has 0 aliphatic carbocycles. The van der Waals surface area contributed by atoms with E-state index >= 15 is 0 Å². The molecule has 0 spiro atoms. The molecule has 132 valence electrons. The molecule has 0 atom stereocenters. The largest absolute Gasteiger partial charge is 0.493 e. The van der Waals surface area contributed by atoms with Crippen molar-refractivity contribution in [3.05, 3.63) is 59.7 Å². The molecule has 0 heterocycles. The van der Waals surface area contributed by atoms with Crippen LogP contribution in [0.1, 0.15) is 15.9 Å². The normalized spacial score (nSPS) is 11.0. The monoisotopic (exact) mass is 347 g/mol. The van der Waals surface area contributed by atoms with Crippen molar-refractivity contribution >= 4 is 17.5 Å². The Morgan fingerprint density at radius 2 is 1.76 bits per heavy atom. The van der Waals surface area contributed by atoms with Crippen LogP contribution in [0.3, 0.4) is 0 Å². The third kappa shape index (κ3) is 5.04. The fraction of sp³-hybridized carbons (Fsp3) is 0.211. The molecule has 0 N–H and O–H groups in total. The standard InChI is InChI=1S/C19H19F2NO3/c1-22(2)15-8-4-13(5-9-15)6-10-16(23)14-7-11-17(25-19(20)21)18(12-14)24-3/h4-12,19H,1-3H3/b10-6+. The highest BCUT2D eigenvalue weighted by Gasteiger charge is 2.13. The van der Waals surface area contributed by atoms with Gasteiger partial charge in [-0.1, -0.05) is 18.2 Å². The molecule has 0 saturated heterocycles. The Kier molecular flexibility index (Phi) is 6.11. The molecular weight excluding hydrogens is 328 g/mol. The average molecular weight is 347 g/mol. The second-order valence-electron chi connectivity index (χ2n) is 5.43. The van der Waals surface area contributed by atoms with Crippen LogP contribution in [0, 0.1) is 0 Å². The number of alkyl halides is 2. The highest BCUT2D eigenvalue weighted by atomic mass is 19.3. The first-order valence-corrected chi connectivity index (χ1v) is 7.53. The van der Waals surface area contributed by atoms with Gasteiger partial charge in [-0.05, 0) is 42.0 Å². The third-order valence-electron chi connectivity index (χ3n) is 3.50. The van der Waals surface area contributed by atoms with Gasteiger partial charge in [0.05, 0.1) is 7.11 Å². The lowest BCUT2D eigenvalue weighted by molar-refractivity contribution is -0.0512. The number of hydrogen-bond acceptors (Lipinski definition) is 4. The van der Waals surface area contributed by atoms with Crippen LogP contribution >= 0.6 is 0 Å². The Morgan fingerprint density at radius 3 is 2.32 bits per heavy atom. The molecule has 0 aliphatic rings. The van der Waals surface area contributed by atoms with Gasteiger partial charge in [-0.15, -0.1) is 0 Å². The number of hydrogen-bond donors (Lipinski definition) is 0. The summed E-state index contributed by atoms with van der Waals surface area (Å²) in [6.07, 6.45) is 3.12. The van der Waals surface area contributed by atoms with Crippen LogP contribution in [-0.2, 0) is 0 Å². The smallest absolute Gasteiger partial charge is 0.387 e. The average Bonchev–Trinajstić information content (AvgIpc) is 2.59. The van der Waals surface area contributed by atoms with Crippen LogP contribution in [0.2, 0.25) is 0 Å².